The summed E-state index contributed by atoms with van der Waals surface area (Å²) >= 11 is 2.89. The van der Waals surface area contributed by atoms with Crippen LogP contribution in [0.5, 0.6) is 0 Å². The molecule has 0 aliphatic heterocycles. The van der Waals surface area contributed by atoms with Gasteiger partial charge < -0.3 is 4.74 Å². The zero-order chi connectivity index (χ0) is 15.1. The van der Waals surface area contributed by atoms with Gasteiger partial charge in [-0.25, -0.2) is 14.2 Å². The van der Waals surface area contributed by atoms with E-state index in [1.54, 1.807) is 0 Å². The molecule has 0 spiro atoms. The van der Waals surface area contributed by atoms with Crippen LogP contribution in [-0.4, -0.2) is 18.1 Å². The Balaban J connectivity index is 2.91. The van der Waals surface area contributed by atoms with Crippen LogP contribution in [0.1, 0.15) is 16.1 Å². The smallest absolute Gasteiger partial charge is 0.434 e. The summed E-state index contributed by atoms with van der Waals surface area (Å²) in [6.07, 6.45) is -4.84. The van der Waals surface area contributed by atoms with E-state index in [1.807, 2.05) is 0 Å². The lowest BCUT2D eigenvalue weighted by molar-refractivity contribution is -0.141. The van der Waals surface area contributed by atoms with Gasteiger partial charge in [-0.2, -0.15) is 13.2 Å². The van der Waals surface area contributed by atoms with Gasteiger partial charge in [-0.15, -0.1) is 0 Å². The average Bonchev–Trinajstić information content (AvgIpc) is 2.37. The molecular weight excluding hydrogens is 346 g/mol. The first kappa shape index (κ1) is 14.7. The number of ether oxygens (including phenoxy) is 1. The minimum atomic E-state index is -4.84. The molecule has 0 bridgehead atoms. The van der Waals surface area contributed by atoms with Gasteiger partial charge in [0.2, 0.25) is 0 Å². The number of alkyl halides is 3. The Labute approximate surface area is 118 Å². The minimum Gasteiger partial charge on any atom is -0.465 e. The van der Waals surface area contributed by atoms with Crippen LogP contribution in [0.4, 0.5) is 17.6 Å². The zero-order valence-corrected chi connectivity index (χ0v) is 11.5. The van der Waals surface area contributed by atoms with Crippen LogP contribution in [0.25, 0.3) is 10.9 Å². The monoisotopic (exact) mass is 351 g/mol. The van der Waals surface area contributed by atoms with Crippen molar-refractivity contribution in [1.29, 1.82) is 0 Å². The van der Waals surface area contributed by atoms with Crippen LogP contribution < -0.4 is 0 Å². The van der Waals surface area contributed by atoms with Crippen molar-refractivity contribution in [3.8, 4) is 0 Å². The second-order valence-electron chi connectivity index (χ2n) is 3.80. The summed E-state index contributed by atoms with van der Waals surface area (Å²) in [5, 5.41) is 0.0541. The van der Waals surface area contributed by atoms with Gasteiger partial charge in [0.15, 0.2) is 5.69 Å². The third-order valence-electron chi connectivity index (χ3n) is 2.54. The first-order valence-electron chi connectivity index (χ1n) is 5.20. The summed E-state index contributed by atoms with van der Waals surface area (Å²) < 4.78 is 56.2. The van der Waals surface area contributed by atoms with Gasteiger partial charge in [-0.1, -0.05) is 0 Å². The molecule has 8 heteroatoms. The molecule has 20 heavy (non-hydrogen) atoms. The fourth-order valence-corrected chi connectivity index (χ4v) is 2.36. The van der Waals surface area contributed by atoms with Crippen LogP contribution in [0, 0.1) is 5.82 Å². The van der Waals surface area contributed by atoms with Crippen molar-refractivity contribution in [3.63, 3.8) is 0 Å². The maximum Gasteiger partial charge on any atom is 0.434 e. The Morgan fingerprint density at radius 2 is 2.00 bits per heavy atom. The lowest BCUT2D eigenvalue weighted by Gasteiger charge is -2.14. The van der Waals surface area contributed by atoms with E-state index in [0.29, 0.717) is 0 Å². The Morgan fingerprint density at radius 1 is 1.35 bits per heavy atom. The number of nitrogens with zero attached hydrogens (tertiary/aromatic N) is 1. The van der Waals surface area contributed by atoms with Crippen LogP contribution in [0.2, 0.25) is 0 Å². The molecule has 0 atom stereocenters. The predicted molar refractivity (Wildman–Crippen MR) is 65.7 cm³/mol. The van der Waals surface area contributed by atoms with Crippen molar-refractivity contribution in [2.24, 2.45) is 0 Å². The topological polar surface area (TPSA) is 39.2 Å². The van der Waals surface area contributed by atoms with Crippen LogP contribution in [0.15, 0.2) is 22.7 Å². The normalized spacial score (nSPS) is 11.7. The van der Waals surface area contributed by atoms with E-state index >= 15 is 0 Å². The van der Waals surface area contributed by atoms with Crippen molar-refractivity contribution in [3.05, 3.63) is 39.7 Å². The summed E-state index contributed by atoms with van der Waals surface area (Å²) in [4.78, 5) is 14.9. The van der Waals surface area contributed by atoms with E-state index in [4.69, 9.17) is 0 Å². The minimum absolute atomic E-state index is 0.0541. The van der Waals surface area contributed by atoms with E-state index in [1.165, 1.54) is 0 Å². The molecule has 2 rings (SSSR count). The number of carbonyl (C=O) groups is 1. The predicted octanol–water partition coefficient (Wildman–Crippen LogP) is 3.94. The Kier molecular flexibility index (Phi) is 3.68. The highest BCUT2D eigenvalue weighted by Gasteiger charge is 2.39. The number of rotatable bonds is 1. The molecule has 0 N–H and O–H groups in total. The SMILES string of the molecule is COC(=O)c1c(C(F)(F)F)nc2ccc(F)cc2c1Br. The highest BCUT2D eigenvalue weighted by atomic mass is 79.9. The molecule has 0 unspecified atom stereocenters. The third kappa shape index (κ3) is 2.47. The number of methoxy groups -OCH3 is 1. The van der Waals surface area contributed by atoms with Gasteiger partial charge in [0, 0.05) is 9.86 Å². The highest BCUT2D eigenvalue weighted by Crippen LogP contribution is 2.37. The molecular formula is C12H6BrF4NO2. The molecule has 2 aromatic rings. The third-order valence-corrected chi connectivity index (χ3v) is 3.37. The van der Waals surface area contributed by atoms with Gasteiger partial charge in [0.1, 0.15) is 11.4 Å². The number of aromatic nitrogens is 1. The van der Waals surface area contributed by atoms with Crippen LogP contribution in [-0.2, 0) is 10.9 Å². The molecule has 3 nitrogen and oxygen atoms in total. The average molecular weight is 352 g/mol. The number of pyridine rings is 1. The Morgan fingerprint density at radius 3 is 2.55 bits per heavy atom. The van der Waals surface area contributed by atoms with Crippen molar-refractivity contribution in [2.45, 2.75) is 6.18 Å². The largest absolute Gasteiger partial charge is 0.465 e. The molecule has 0 amide bonds. The molecule has 0 saturated heterocycles. The second-order valence-corrected chi connectivity index (χ2v) is 4.59. The fourth-order valence-electron chi connectivity index (χ4n) is 1.69. The molecule has 1 aromatic heterocycles. The van der Waals surface area contributed by atoms with E-state index in [9.17, 15) is 22.4 Å². The first-order chi connectivity index (χ1) is 9.25. The van der Waals surface area contributed by atoms with Crippen LogP contribution in [0.3, 0.4) is 0 Å². The summed E-state index contributed by atoms with van der Waals surface area (Å²) in [6.45, 7) is 0. The zero-order valence-electron chi connectivity index (χ0n) is 9.89. The number of hydrogen-bond donors (Lipinski definition) is 0. The maximum atomic E-state index is 13.2. The van der Waals surface area contributed by atoms with E-state index in [0.717, 1.165) is 25.3 Å². The van der Waals surface area contributed by atoms with Crippen molar-refractivity contribution in [1.82, 2.24) is 4.98 Å². The van der Waals surface area contributed by atoms with Gasteiger partial charge in [0.05, 0.1) is 12.6 Å². The van der Waals surface area contributed by atoms with Crippen molar-refractivity contribution >= 4 is 32.8 Å². The summed E-state index contributed by atoms with van der Waals surface area (Å²) in [7, 11) is 0.949. The van der Waals surface area contributed by atoms with Crippen molar-refractivity contribution < 1.29 is 27.1 Å². The second kappa shape index (κ2) is 5.01. The van der Waals surface area contributed by atoms with E-state index < -0.39 is 29.2 Å². The molecule has 0 aliphatic carbocycles. The van der Waals surface area contributed by atoms with Gasteiger partial charge in [-0.05, 0) is 34.1 Å². The molecule has 1 aromatic carbocycles. The molecule has 0 saturated carbocycles. The number of carbonyl (C=O) groups excluding carboxylic acids is 1. The molecule has 0 fully saturated rings. The molecule has 1 heterocycles. The van der Waals surface area contributed by atoms with Crippen LogP contribution >= 0.6 is 15.9 Å². The maximum absolute atomic E-state index is 13.2. The van der Waals surface area contributed by atoms with Gasteiger partial charge in [0.25, 0.3) is 0 Å². The number of hydrogen-bond acceptors (Lipinski definition) is 3. The lowest BCUT2D eigenvalue weighted by Crippen LogP contribution is -2.17. The fraction of sp³-hybridized carbons (Fsp3) is 0.167. The lowest BCUT2D eigenvalue weighted by atomic mass is 10.1. The van der Waals surface area contributed by atoms with Gasteiger partial charge >= 0.3 is 12.1 Å². The Hall–Kier alpha value is -1.70. The first-order valence-corrected chi connectivity index (χ1v) is 5.99. The van der Waals surface area contributed by atoms with E-state index in [2.05, 4.69) is 25.7 Å². The Bertz CT molecular complexity index is 700. The highest BCUT2D eigenvalue weighted by molar-refractivity contribution is 9.10. The summed E-state index contributed by atoms with van der Waals surface area (Å²) in [6, 6.07) is 3.07. The quantitative estimate of drug-likeness (QED) is 0.577. The van der Waals surface area contributed by atoms with E-state index in [-0.39, 0.29) is 15.4 Å². The summed E-state index contributed by atoms with van der Waals surface area (Å²) in [5.74, 6) is -1.86. The van der Waals surface area contributed by atoms with Crippen molar-refractivity contribution in [2.75, 3.05) is 7.11 Å². The molecule has 0 aliphatic rings. The standard InChI is InChI=1S/C12H6BrF4NO2/c1-20-11(19)8-9(13)6-4-5(14)2-3-7(6)18-10(8)12(15,16)17/h2-4H,1H3. The molecule has 106 valence electrons. The van der Waals surface area contributed by atoms with Gasteiger partial charge in [-0.3, -0.25) is 0 Å². The number of fused-ring (bicyclic) bond motifs is 1. The number of halogens is 5. The molecule has 0 radical (unpaired) electrons. The number of benzene rings is 1. The summed E-state index contributed by atoms with van der Waals surface area (Å²) in [5.41, 5.74) is -2.24. The number of esters is 1.